The zero-order chi connectivity index (χ0) is 14.9. The number of aromatic nitrogens is 1. The zero-order valence-corrected chi connectivity index (χ0v) is 11.0. The van der Waals surface area contributed by atoms with Gasteiger partial charge in [0.15, 0.2) is 5.82 Å². The highest BCUT2D eigenvalue weighted by Gasteiger charge is 2.16. The summed E-state index contributed by atoms with van der Waals surface area (Å²) >= 11 is 0. The SMILES string of the molecule is Cc1cc(C)nc(NC(=O)c2cc(F)cc(N)c2F)c1. The number of aryl methyl sites for hydroxylation is 2. The third-order valence-electron chi connectivity index (χ3n) is 2.65. The van der Waals surface area contributed by atoms with Crippen LogP contribution in [0.4, 0.5) is 20.3 Å². The summed E-state index contributed by atoms with van der Waals surface area (Å²) < 4.78 is 26.9. The minimum absolute atomic E-state index is 0.273. The summed E-state index contributed by atoms with van der Waals surface area (Å²) in [5.74, 6) is -2.25. The lowest BCUT2D eigenvalue weighted by atomic mass is 10.1. The number of halogens is 2. The number of nitrogens with zero attached hydrogens (tertiary/aromatic N) is 1. The fourth-order valence-electron chi connectivity index (χ4n) is 1.86. The van der Waals surface area contributed by atoms with Crippen molar-refractivity contribution in [3.8, 4) is 0 Å². The van der Waals surface area contributed by atoms with Crippen LogP contribution in [-0.4, -0.2) is 10.9 Å². The molecule has 2 aromatic rings. The molecule has 0 aliphatic heterocycles. The molecule has 20 heavy (non-hydrogen) atoms. The monoisotopic (exact) mass is 277 g/mol. The molecule has 0 saturated heterocycles. The summed E-state index contributed by atoms with van der Waals surface area (Å²) in [5.41, 5.74) is 6.03. The standard InChI is InChI=1S/C14H13F2N3O/c1-7-3-8(2)18-12(4-7)19-14(20)10-5-9(15)6-11(17)13(10)16/h3-6H,17H2,1-2H3,(H,18,19,20). The highest BCUT2D eigenvalue weighted by molar-refractivity contribution is 6.04. The van der Waals surface area contributed by atoms with Crippen molar-refractivity contribution in [2.45, 2.75) is 13.8 Å². The van der Waals surface area contributed by atoms with Crippen LogP contribution in [0, 0.1) is 25.5 Å². The number of amides is 1. The molecule has 0 radical (unpaired) electrons. The van der Waals surface area contributed by atoms with E-state index in [4.69, 9.17) is 5.73 Å². The summed E-state index contributed by atoms with van der Waals surface area (Å²) in [6.07, 6.45) is 0. The van der Waals surface area contributed by atoms with E-state index in [1.165, 1.54) is 0 Å². The van der Waals surface area contributed by atoms with E-state index in [9.17, 15) is 13.6 Å². The largest absolute Gasteiger partial charge is 0.396 e. The first-order valence-corrected chi connectivity index (χ1v) is 5.88. The van der Waals surface area contributed by atoms with Crippen molar-refractivity contribution >= 4 is 17.4 Å². The van der Waals surface area contributed by atoms with E-state index in [-0.39, 0.29) is 5.82 Å². The van der Waals surface area contributed by atoms with E-state index in [2.05, 4.69) is 10.3 Å². The molecule has 3 N–H and O–H groups in total. The number of hydrogen-bond donors (Lipinski definition) is 2. The first kappa shape index (κ1) is 13.9. The van der Waals surface area contributed by atoms with Gasteiger partial charge in [0.1, 0.15) is 11.6 Å². The van der Waals surface area contributed by atoms with E-state index in [0.717, 1.165) is 17.7 Å². The third-order valence-corrected chi connectivity index (χ3v) is 2.65. The molecule has 1 aromatic carbocycles. The Hall–Kier alpha value is -2.50. The molecule has 6 heteroatoms. The van der Waals surface area contributed by atoms with E-state index in [0.29, 0.717) is 5.69 Å². The number of benzene rings is 1. The topological polar surface area (TPSA) is 68.0 Å². The molecule has 4 nitrogen and oxygen atoms in total. The average Bonchev–Trinajstić information content (AvgIpc) is 2.32. The number of nitrogens with two attached hydrogens (primary N) is 1. The van der Waals surface area contributed by atoms with Crippen LogP contribution in [0.5, 0.6) is 0 Å². The minimum Gasteiger partial charge on any atom is -0.396 e. The van der Waals surface area contributed by atoms with E-state index in [1.807, 2.05) is 13.0 Å². The Labute approximate surface area is 114 Å². The van der Waals surface area contributed by atoms with E-state index < -0.39 is 28.8 Å². The molecule has 1 aromatic heterocycles. The highest BCUT2D eigenvalue weighted by Crippen LogP contribution is 2.19. The molecule has 0 aliphatic carbocycles. The van der Waals surface area contributed by atoms with Crippen LogP contribution in [0.25, 0.3) is 0 Å². The van der Waals surface area contributed by atoms with E-state index in [1.54, 1.807) is 13.0 Å². The first-order valence-electron chi connectivity index (χ1n) is 5.88. The van der Waals surface area contributed by atoms with E-state index >= 15 is 0 Å². The van der Waals surface area contributed by atoms with Gasteiger partial charge < -0.3 is 11.1 Å². The van der Waals surface area contributed by atoms with Crippen LogP contribution < -0.4 is 11.1 Å². The second kappa shape index (κ2) is 5.24. The molecule has 1 heterocycles. The molecule has 0 fully saturated rings. The second-order valence-electron chi connectivity index (χ2n) is 4.48. The fourth-order valence-corrected chi connectivity index (χ4v) is 1.86. The van der Waals surface area contributed by atoms with Gasteiger partial charge in [0, 0.05) is 5.69 Å². The molecule has 0 aliphatic rings. The van der Waals surface area contributed by atoms with Gasteiger partial charge in [0.25, 0.3) is 5.91 Å². The summed E-state index contributed by atoms with van der Waals surface area (Å²) in [7, 11) is 0. The molecule has 0 spiro atoms. The Morgan fingerprint density at radius 2 is 1.90 bits per heavy atom. The maximum atomic E-state index is 13.7. The lowest BCUT2D eigenvalue weighted by Crippen LogP contribution is -2.16. The number of pyridine rings is 1. The quantitative estimate of drug-likeness (QED) is 0.829. The number of anilines is 2. The second-order valence-corrected chi connectivity index (χ2v) is 4.48. The van der Waals surface area contributed by atoms with Crippen LogP contribution >= 0.6 is 0 Å². The predicted molar refractivity (Wildman–Crippen MR) is 72.4 cm³/mol. The Balaban J connectivity index is 2.33. The van der Waals surface area contributed by atoms with Crippen LogP contribution in [0.15, 0.2) is 24.3 Å². The lowest BCUT2D eigenvalue weighted by molar-refractivity contribution is 0.102. The van der Waals surface area contributed by atoms with Crippen molar-refractivity contribution in [2.24, 2.45) is 0 Å². The van der Waals surface area contributed by atoms with Gasteiger partial charge in [-0.1, -0.05) is 0 Å². The van der Waals surface area contributed by atoms with Gasteiger partial charge in [-0.2, -0.15) is 0 Å². The highest BCUT2D eigenvalue weighted by atomic mass is 19.1. The zero-order valence-electron chi connectivity index (χ0n) is 11.0. The smallest absolute Gasteiger partial charge is 0.259 e. The number of nitrogen functional groups attached to an aromatic ring is 1. The Bertz CT molecular complexity index is 666. The maximum Gasteiger partial charge on any atom is 0.259 e. The van der Waals surface area contributed by atoms with Crippen LogP contribution in [0.1, 0.15) is 21.6 Å². The lowest BCUT2D eigenvalue weighted by Gasteiger charge is -2.08. The molecule has 1 amide bonds. The number of nitrogens with one attached hydrogen (secondary N) is 1. The van der Waals surface area contributed by atoms with Gasteiger partial charge in [0.05, 0.1) is 11.3 Å². The normalized spacial score (nSPS) is 10.4. The molecule has 0 bridgehead atoms. The summed E-state index contributed by atoms with van der Waals surface area (Å²) in [6, 6.07) is 5.08. The molecular weight excluding hydrogens is 264 g/mol. The molecule has 0 unspecified atom stereocenters. The number of rotatable bonds is 2. The van der Waals surface area contributed by atoms with Gasteiger partial charge in [-0.3, -0.25) is 4.79 Å². The number of carbonyl (C=O) groups excluding carboxylic acids is 1. The van der Waals surface area contributed by atoms with Gasteiger partial charge in [-0.15, -0.1) is 0 Å². The minimum atomic E-state index is -0.951. The number of hydrogen-bond acceptors (Lipinski definition) is 3. The van der Waals surface area contributed by atoms with Gasteiger partial charge >= 0.3 is 0 Å². The molecule has 0 atom stereocenters. The van der Waals surface area contributed by atoms with Gasteiger partial charge in [-0.25, -0.2) is 13.8 Å². The summed E-state index contributed by atoms with van der Waals surface area (Å²) in [6.45, 7) is 3.61. The van der Waals surface area contributed by atoms with Gasteiger partial charge in [-0.05, 0) is 43.7 Å². The van der Waals surface area contributed by atoms with Crippen molar-refractivity contribution in [2.75, 3.05) is 11.1 Å². The van der Waals surface area contributed by atoms with Crippen molar-refractivity contribution < 1.29 is 13.6 Å². The van der Waals surface area contributed by atoms with Crippen LogP contribution in [-0.2, 0) is 0 Å². The molecular formula is C14H13F2N3O. The number of carbonyl (C=O) groups is 1. The third kappa shape index (κ3) is 2.90. The Kier molecular flexibility index (Phi) is 3.65. The first-order chi connectivity index (χ1) is 9.36. The Morgan fingerprint density at radius 1 is 1.20 bits per heavy atom. The van der Waals surface area contributed by atoms with Crippen molar-refractivity contribution in [1.29, 1.82) is 0 Å². The van der Waals surface area contributed by atoms with Crippen LogP contribution in [0.3, 0.4) is 0 Å². The molecule has 2 rings (SSSR count). The van der Waals surface area contributed by atoms with Gasteiger partial charge in [0.2, 0.25) is 0 Å². The van der Waals surface area contributed by atoms with Crippen molar-refractivity contribution in [3.63, 3.8) is 0 Å². The Morgan fingerprint density at radius 3 is 2.55 bits per heavy atom. The predicted octanol–water partition coefficient (Wildman–Crippen LogP) is 2.81. The van der Waals surface area contributed by atoms with Crippen molar-refractivity contribution in [3.05, 3.63) is 52.7 Å². The van der Waals surface area contributed by atoms with Crippen molar-refractivity contribution in [1.82, 2.24) is 4.98 Å². The average molecular weight is 277 g/mol. The fraction of sp³-hybridized carbons (Fsp3) is 0.143. The summed E-state index contributed by atoms with van der Waals surface area (Å²) in [4.78, 5) is 16.0. The molecule has 104 valence electrons. The summed E-state index contributed by atoms with van der Waals surface area (Å²) in [5, 5.41) is 2.42. The maximum absolute atomic E-state index is 13.7. The van der Waals surface area contributed by atoms with Crippen LogP contribution in [0.2, 0.25) is 0 Å². The molecule has 0 saturated carbocycles.